The first-order valence-corrected chi connectivity index (χ1v) is 5.87. The van der Waals surface area contributed by atoms with Gasteiger partial charge in [-0.1, -0.05) is 6.92 Å². The second-order valence-electron chi connectivity index (χ2n) is 3.95. The lowest BCUT2D eigenvalue weighted by Crippen LogP contribution is -2.30. The van der Waals surface area contributed by atoms with Gasteiger partial charge in [0.1, 0.15) is 5.82 Å². The van der Waals surface area contributed by atoms with Crippen molar-refractivity contribution < 1.29 is 9.50 Å². The Kier molecular flexibility index (Phi) is 6.04. The highest BCUT2D eigenvalue weighted by Gasteiger charge is 2.09. The number of nitrogens with zero attached hydrogens (tertiary/aromatic N) is 2. The molecular formula is C12H20FN3O. The van der Waals surface area contributed by atoms with Crippen LogP contribution in [0.5, 0.6) is 0 Å². The van der Waals surface area contributed by atoms with Crippen LogP contribution in [0.25, 0.3) is 0 Å². The number of hydrogen-bond acceptors (Lipinski definition) is 4. The van der Waals surface area contributed by atoms with Crippen molar-refractivity contribution in [2.45, 2.75) is 19.4 Å². The van der Waals surface area contributed by atoms with Crippen LogP contribution in [0.2, 0.25) is 0 Å². The minimum atomic E-state index is -0.351. The van der Waals surface area contributed by atoms with Crippen LogP contribution in [0.1, 0.15) is 25.1 Å². The normalized spacial score (nSPS) is 13.0. The van der Waals surface area contributed by atoms with Crippen LogP contribution >= 0.6 is 0 Å². The lowest BCUT2D eigenvalue weighted by Gasteiger charge is -2.21. The maximum Gasteiger partial charge on any atom is 0.141 e. The molecule has 17 heavy (non-hydrogen) atoms. The van der Waals surface area contributed by atoms with Crippen molar-refractivity contribution in [3.05, 3.63) is 29.8 Å². The van der Waals surface area contributed by atoms with Crippen molar-refractivity contribution >= 4 is 0 Å². The fourth-order valence-electron chi connectivity index (χ4n) is 1.65. The number of aliphatic hydroxyl groups excluding tert-OH is 1. The van der Waals surface area contributed by atoms with Crippen LogP contribution in [0.4, 0.5) is 4.39 Å². The first kappa shape index (κ1) is 14.0. The van der Waals surface area contributed by atoms with Gasteiger partial charge in [0.15, 0.2) is 0 Å². The average molecular weight is 241 g/mol. The smallest absolute Gasteiger partial charge is 0.141 e. The number of likely N-dealkylation sites (N-methyl/N-ethyl adjacent to an activating group) is 1. The summed E-state index contributed by atoms with van der Waals surface area (Å²) in [5, 5.41) is 8.85. The highest BCUT2D eigenvalue weighted by Crippen LogP contribution is 2.12. The minimum Gasteiger partial charge on any atom is -0.395 e. The molecule has 1 rings (SSSR count). The number of hydrogen-bond donors (Lipinski definition) is 2. The van der Waals surface area contributed by atoms with Crippen molar-refractivity contribution in [2.24, 2.45) is 5.73 Å². The van der Waals surface area contributed by atoms with Crippen molar-refractivity contribution in [3.8, 4) is 0 Å². The van der Waals surface area contributed by atoms with E-state index in [4.69, 9.17) is 10.8 Å². The maximum atomic E-state index is 12.7. The molecular weight excluding hydrogens is 221 g/mol. The summed E-state index contributed by atoms with van der Waals surface area (Å²) in [6, 6.07) is 2.79. The Bertz CT molecular complexity index is 318. The van der Waals surface area contributed by atoms with Gasteiger partial charge in [-0.15, -0.1) is 0 Å². The van der Waals surface area contributed by atoms with Crippen molar-refractivity contribution in [1.82, 2.24) is 9.88 Å². The Morgan fingerprint density at radius 1 is 1.47 bits per heavy atom. The van der Waals surface area contributed by atoms with E-state index in [1.165, 1.54) is 12.3 Å². The van der Waals surface area contributed by atoms with E-state index in [0.29, 0.717) is 12.2 Å². The SMILES string of the molecule is CCN(CCO)CCC(N)c1ccc(F)cn1. The first-order chi connectivity index (χ1) is 8.17. The van der Waals surface area contributed by atoms with Gasteiger partial charge in [0.25, 0.3) is 0 Å². The fraction of sp³-hybridized carbons (Fsp3) is 0.583. The van der Waals surface area contributed by atoms with E-state index in [0.717, 1.165) is 19.5 Å². The third-order valence-electron chi connectivity index (χ3n) is 2.75. The monoisotopic (exact) mass is 241 g/mol. The molecule has 0 aliphatic carbocycles. The molecule has 1 atom stereocenters. The number of aliphatic hydroxyl groups is 1. The molecule has 0 amide bonds. The molecule has 0 saturated carbocycles. The van der Waals surface area contributed by atoms with Gasteiger partial charge >= 0.3 is 0 Å². The number of nitrogens with two attached hydrogens (primary N) is 1. The lowest BCUT2D eigenvalue weighted by molar-refractivity contribution is 0.197. The summed E-state index contributed by atoms with van der Waals surface area (Å²) in [5.74, 6) is -0.351. The van der Waals surface area contributed by atoms with E-state index in [9.17, 15) is 4.39 Å². The summed E-state index contributed by atoms with van der Waals surface area (Å²) in [5.41, 5.74) is 6.67. The molecule has 0 bridgehead atoms. The van der Waals surface area contributed by atoms with Crippen molar-refractivity contribution in [2.75, 3.05) is 26.2 Å². The quantitative estimate of drug-likeness (QED) is 0.745. The van der Waals surface area contributed by atoms with Gasteiger partial charge < -0.3 is 15.7 Å². The first-order valence-electron chi connectivity index (χ1n) is 5.87. The summed E-state index contributed by atoms with van der Waals surface area (Å²) >= 11 is 0. The van der Waals surface area contributed by atoms with Crippen molar-refractivity contribution in [3.63, 3.8) is 0 Å². The molecule has 0 spiro atoms. The minimum absolute atomic E-state index is 0.151. The molecule has 0 aromatic carbocycles. The van der Waals surface area contributed by atoms with E-state index >= 15 is 0 Å². The zero-order chi connectivity index (χ0) is 12.7. The zero-order valence-corrected chi connectivity index (χ0v) is 10.1. The molecule has 1 unspecified atom stereocenters. The van der Waals surface area contributed by atoms with Gasteiger partial charge in [-0.25, -0.2) is 4.39 Å². The molecule has 96 valence electrons. The molecule has 3 N–H and O–H groups in total. The average Bonchev–Trinajstić information content (AvgIpc) is 2.35. The van der Waals surface area contributed by atoms with Gasteiger partial charge in [-0.3, -0.25) is 4.98 Å². The Morgan fingerprint density at radius 2 is 2.24 bits per heavy atom. The predicted octanol–water partition coefficient (Wildman–Crippen LogP) is 0.925. The van der Waals surface area contributed by atoms with Crippen LogP contribution < -0.4 is 5.73 Å². The number of aromatic nitrogens is 1. The lowest BCUT2D eigenvalue weighted by atomic mass is 10.1. The molecule has 0 aliphatic rings. The molecule has 1 aromatic rings. The molecule has 0 radical (unpaired) electrons. The summed E-state index contributed by atoms with van der Waals surface area (Å²) in [4.78, 5) is 6.07. The van der Waals surface area contributed by atoms with Gasteiger partial charge in [0.2, 0.25) is 0 Å². The van der Waals surface area contributed by atoms with Gasteiger partial charge in [0.05, 0.1) is 18.5 Å². The number of rotatable bonds is 7. The van der Waals surface area contributed by atoms with Crippen LogP contribution in [-0.2, 0) is 0 Å². The van der Waals surface area contributed by atoms with E-state index in [1.54, 1.807) is 6.07 Å². The number of pyridine rings is 1. The van der Waals surface area contributed by atoms with E-state index < -0.39 is 0 Å². The molecule has 4 nitrogen and oxygen atoms in total. The van der Waals surface area contributed by atoms with Crippen LogP contribution in [0, 0.1) is 5.82 Å². The summed E-state index contributed by atoms with van der Waals surface area (Å²) in [6.45, 7) is 4.52. The second kappa shape index (κ2) is 7.32. The Morgan fingerprint density at radius 3 is 2.76 bits per heavy atom. The van der Waals surface area contributed by atoms with Crippen LogP contribution in [0.3, 0.4) is 0 Å². The molecule has 5 heteroatoms. The summed E-state index contributed by atoms with van der Waals surface area (Å²) in [7, 11) is 0. The van der Waals surface area contributed by atoms with Gasteiger partial charge in [0, 0.05) is 19.1 Å². The second-order valence-corrected chi connectivity index (χ2v) is 3.95. The van der Waals surface area contributed by atoms with E-state index in [2.05, 4.69) is 9.88 Å². The van der Waals surface area contributed by atoms with Crippen LogP contribution in [0.15, 0.2) is 18.3 Å². The van der Waals surface area contributed by atoms with E-state index in [-0.39, 0.29) is 18.5 Å². The predicted molar refractivity (Wildman–Crippen MR) is 64.9 cm³/mol. The largest absolute Gasteiger partial charge is 0.395 e. The summed E-state index contributed by atoms with van der Waals surface area (Å²) < 4.78 is 12.7. The molecule has 1 heterocycles. The van der Waals surface area contributed by atoms with Gasteiger partial charge in [-0.05, 0) is 25.1 Å². The number of halogens is 1. The molecule has 1 aromatic heterocycles. The summed E-state index contributed by atoms with van der Waals surface area (Å²) in [6.07, 6.45) is 1.92. The van der Waals surface area contributed by atoms with Gasteiger partial charge in [-0.2, -0.15) is 0 Å². The molecule has 0 aliphatic heterocycles. The third-order valence-corrected chi connectivity index (χ3v) is 2.75. The highest BCUT2D eigenvalue weighted by atomic mass is 19.1. The fourth-order valence-corrected chi connectivity index (χ4v) is 1.65. The highest BCUT2D eigenvalue weighted by molar-refractivity contribution is 5.09. The standard InChI is InChI=1S/C12H20FN3O/c1-2-16(7-8-17)6-5-11(14)12-4-3-10(13)9-15-12/h3-4,9,11,17H,2,5-8,14H2,1H3. The van der Waals surface area contributed by atoms with Crippen LogP contribution in [-0.4, -0.2) is 41.2 Å². The zero-order valence-electron chi connectivity index (χ0n) is 10.1. The molecule has 0 saturated heterocycles. The Hall–Kier alpha value is -1.04. The third kappa shape index (κ3) is 4.77. The maximum absolute atomic E-state index is 12.7. The van der Waals surface area contributed by atoms with Crippen molar-refractivity contribution in [1.29, 1.82) is 0 Å². The Labute approximate surface area is 101 Å². The Balaban J connectivity index is 2.43. The topological polar surface area (TPSA) is 62.4 Å². The van der Waals surface area contributed by atoms with E-state index in [1.807, 2.05) is 6.92 Å². The molecule has 0 fully saturated rings.